The number of hydrogen-bond acceptors (Lipinski definition) is 3. The van der Waals surface area contributed by atoms with Crippen molar-refractivity contribution in [2.24, 2.45) is 0 Å². The van der Waals surface area contributed by atoms with Gasteiger partial charge in [0.25, 0.3) is 0 Å². The van der Waals surface area contributed by atoms with Gasteiger partial charge in [0.1, 0.15) is 23.7 Å². The van der Waals surface area contributed by atoms with Crippen molar-refractivity contribution in [1.29, 1.82) is 0 Å². The van der Waals surface area contributed by atoms with Gasteiger partial charge in [-0.05, 0) is 37.1 Å². The van der Waals surface area contributed by atoms with Crippen LogP contribution < -0.4 is 10.5 Å². The zero-order valence-electron chi connectivity index (χ0n) is 11.6. The molecule has 0 aliphatic carbocycles. The highest BCUT2D eigenvalue weighted by Crippen LogP contribution is 2.24. The fourth-order valence-electron chi connectivity index (χ4n) is 2.34. The summed E-state index contributed by atoms with van der Waals surface area (Å²) in [6.07, 6.45) is 0. The van der Waals surface area contributed by atoms with Crippen LogP contribution in [0.5, 0.6) is 5.75 Å². The molecule has 0 saturated heterocycles. The smallest absolute Gasteiger partial charge is 0.146 e. The number of aromatic nitrogens is 2. The molecule has 2 aromatic carbocycles. The third kappa shape index (κ3) is 2.20. The second-order valence-corrected chi connectivity index (χ2v) is 4.94. The standard InChI is InChI=1S/C16H17N3O/c1-10-5-3-6-11(2)16(10)20-9-14-18-13-8-4-7-12(17)15(13)19-14/h3-8H,9,17H2,1-2H3,(H,18,19). The normalized spacial score (nSPS) is 10.9. The molecule has 20 heavy (non-hydrogen) atoms. The Balaban J connectivity index is 1.85. The van der Waals surface area contributed by atoms with Crippen LogP contribution in [0.4, 0.5) is 5.69 Å². The molecule has 0 saturated carbocycles. The molecule has 102 valence electrons. The Morgan fingerprint density at radius 2 is 1.80 bits per heavy atom. The minimum Gasteiger partial charge on any atom is -0.485 e. The lowest BCUT2D eigenvalue weighted by Crippen LogP contribution is -2.00. The number of nitrogens with zero attached hydrogens (tertiary/aromatic N) is 1. The van der Waals surface area contributed by atoms with E-state index in [2.05, 4.69) is 9.97 Å². The molecule has 0 spiro atoms. The molecule has 4 heteroatoms. The van der Waals surface area contributed by atoms with Gasteiger partial charge in [-0.1, -0.05) is 24.3 Å². The van der Waals surface area contributed by atoms with Crippen LogP contribution in [-0.2, 0) is 6.61 Å². The van der Waals surface area contributed by atoms with Crippen molar-refractivity contribution in [1.82, 2.24) is 9.97 Å². The predicted octanol–water partition coefficient (Wildman–Crippen LogP) is 3.34. The number of H-pyrrole nitrogens is 1. The van der Waals surface area contributed by atoms with Gasteiger partial charge in [0.15, 0.2) is 0 Å². The number of aryl methyl sites for hydroxylation is 2. The Morgan fingerprint density at radius 3 is 2.50 bits per heavy atom. The van der Waals surface area contributed by atoms with Crippen LogP contribution in [0.25, 0.3) is 11.0 Å². The SMILES string of the molecule is Cc1cccc(C)c1OCc1nc2c(N)cccc2[nH]1. The van der Waals surface area contributed by atoms with Gasteiger partial charge in [0, 0.05) is 0 Å². The third-order valence-electron chi connectivity index (χ3n) is 3.35. The van der Waals surface area contributed by atoms with Crippen molar-refractivity contribution >= 4 is 16.7 Å². The molecular weight excluding hydrogens is 250 g/mol. The van der Waals surface area contributed by atoms with Crippen LogP contribution in [0.15, 0.2) is 36.4 Å². The lowest BCUT2D eigenvalue weighted by atomic mass is 10.1. The zero-order chi connectivity index (χ0) is 14.1. The van der Waals surface area contributed by atoms with Crippen molar-refractivity contribution in [3.05, 3.63) is 53.3 Å². The highest BCUT2D eigenvalue weighted by Gasteiger charge is 2.08. The molecular formula is C16H17N3O. The van der Waals surface area contributed by atoms with Gasteiger partial charge >= 0.3 is 0 Å². The molecule has 4 nitrogen and oxygen atoms in total. The van der Waals surface area contributed by atoms with Gasteiger partial charge < -0.3 is 15.5 Å². The third-order valence-corrected chi connectivity index (χ3v) is 3.35. The summed E-state index contributed by atoms with van der Waals surface area (Å²) in [6, 6.07) is 11.8. The average Bonchev–Trinajstić information content (AvgIpc) is 2.83. The summed E-state index contributed by atoms with van der Waals surface area (Å²) in [5.74, 6) is 1.70. The molecule has 0 unspecified atom stereocenters. The monoisotopic (exact) mass is 267 g/mol. The first-order valence-electron chi connectivity index (χ1n) is 6.57. The van der Waals surface area contributed by atoms with Gasteiger partial charge in [-0.15, -0.1) is 0 Å². The van der Waals surface area contributed by atoms with E-state index >= 15 is 0 Å². The molecule has 3 rings (SSSR count). The summed E-state index contributed by atoms with van der Waals surface area (Å²) >= 11 is 0. The molecule has 3 N–H and O–H groups in total. The maximum Gasteiger partial charge on any atom is 0.146 e. The van der Waals surface area contributed by atoms with E-state index in [0.717, 1.165) is 33.7 Å². The van der Waals surface area contributed by atoms with Crippen LogP contribution in [0, 0.1) is 13.8 Å². The van der Waals surface area contributed by atoms with E-state index in [1.807, 2.05) is 50.2 Å². The van der Waals surface area contributed by atoms with Gasteiger partial charge in [-0.2, -0.15) is 0 Å². The number of nitrogen functional groups attached to an aromatic ring is 1. The molecule has 0 amide bonds. The van der Waals surface area contributed by atoms with Crippen LogP contribution in [0.2, 0.25) is 0 Å². The Labute approximate surface area is 117 Å². The fourth-order valence-corrected chi connectivity index (χ4v) is 2.34. The summed E-state index contributed by atoms with van der Waals surface area (Å²) in [6.45, 7) is 4.48. The number of ether oxygens (including phenoxy) is 1. The predicted molar refractivity (Wildman–Crippen MR) is 80.8 cm³/mol. The number of anilines is 1. The number of imidazole rings is 1. The maximum absolute atomic E-state index is 5.90. The lowest BCUT2D eigenvalue weighted by Gasteiger charge is -2.10. The Kier molecular flexibility index (Phi) is 3.06. The van der Waals surface area contributed by atoms with Crippen molar-refractivity contribution in [2.45, 2.75) is 20.5 Å². The molecule has 0 atom stereocenters. The number of benzene rings is 2. The quantitative estimate of drug-likeness (QED) is 0.715. The molecule has 0 aliphatic rings. The van der Waals surface area contributed by atoms with E-state index < -0.39 is 0 Å². The lowest BCUT2D eigenvalue weighted by molar-refractivity contribution is 0.293. The Morgan fingerprint density at radius 1 is 1.10 bits per heavy atom. The fraction of sp³-hybridized carbons (Fsp3) is 0.188. The zero-order valence-corrected chi connectivity index (χ0v) is 11.6. The van der Waals surface area contributed by atoms with E-state index in [1.54, 1.807) is 0 Å². The first-order chi connectivity index (χ1) is 9.65. The maximum atomic E-state index is 5.90. The average molecular weight is 267 g/mol. The van der Waals surface area contributed by atoms with E-state index in [1.165, 1.54) is 0 Å². The van der Waals surface area contributed by atoms with Crippen LogP contribution in [-0.4, -0.2) is 9.97 Å². The van der Waals surface area contributed by atoms with E-state index in [-0.39, 0.29) is 0 Å². The highest BCUT2D eigenvalue weighted by atomic mass is 16.5. The molecule has 1 aromatic heterocycles. The minimum absolute atomic E-state index is 0.403. The number of para-hydroxylation sites is 2. The topological polar surface area (TPSA) is 63.9 Å². The van der Waals surface area contributed by atoms with Crippen molar-refractivity contribution in [2.75, 3.05) is 5.73 Å². The summed E-state index contributed by atoms with van der Waals surface area (Å²) in [7, 11) is 0. The van der Waals surface area contributed by atoms with Crippen LogP contribution in [0.1, 0.15) is 17.0 Å². The van der Waals surface area contributed by atoms with Crippen molar-refractivity contribution < 1.29 is 4.74 Å². The second kappa shape index (κ2) is 4.89. The van der Waals surface area contributed by atoms with E-state index in [4.69, 9.17) is 10.5 Å². The van der Waals surface area contributed by atoms with Gasteiger partial charge in [0.2, 0.25) is 0 Å². The van der Waals surface area contributed by atoms with Crippen LogP contribution in [0.3, 0.4) is 0 Å². The number of aromatic amines is 1. The Hall–Kier alpha value is -2.49. The molecule has 1 heterocycles. The summed E-state index contributed by atoms with van der Waals surface area (Å²) < 4.78 is 5.89. The number of nitrogens with two attached hydrogens (primary N) is 1. The first-order valence-corrected chi connectivity index (χ1v) is 6.57. The largest absolute Gasteiger partial charge is 0.485 e. The highest BCUT2D eigenvalue weighted by molar-refractivity contribution is 5.86. The van der Waals surface area contributed by atoms with E-state index in [9.17, 15) is 0 Å². The minimum atomic E-state index is 0.403. The first kappa shape index (κ1) is 12.5. The molecule has 0 aliphatic heterocycles. The molecule has 3 aromatic rings. The van der Waals surface area contributed by atoms with Gasteiger partial charge in [-0.3, -0.25) is 0 Å². The number of fused-ring (bicyclic) bond motifs is 1. The molecule has 0 bridgehead atoms. The van der Waals surface area contributed by atoms with Crippen LogP contribution >= 0.6 is 0 Å². The number of hydrogen-bond donors (Lipinski definition) is 2. The summed E-state index contributed by atoms with van der Waals surface area (Å²) in [4.78, 5) is 7.71. The van der Waals surface area contributed by atoms with Crippen molar-refractivity contribution in [3.8, 4) is 5.75 Å². The van der Waals surface area contributed by atoms with Gasteiger partial charge in [0.05, 0.1) is 11.2 Å². The molecule has 0 radical (unpaired) electrons. The molecule has 0 fully saturated rings. The Bertz CT molecular complexity index is 741. The van der Waals surface area contributed by atoms with Crippen molar-refractivity contribution in [3.63, 3.8) is 0 Å². The summed E-state index contributed by atoms with van der Waals surface area (Å²) in [5.41, 5.74) is 10.6. The second-order valence-electron chi connectivity index (χ2n) is 4.94. The summed E-state index contributed by atoms with van der Waals surface area (Å²) in [5, 5.41) is 0. The number of nitrogens with one attached hydrogen (secondary N) is 1. The van der Waals surface area contributed by atoms with E-state index in [0.29, 0.717) is 12.3 Å². The number of rotatable bonds is 3. The van der Waals surface area contributed by atoms with Gasteiger partial charge in [-0.25, -0.2) is 4.98 Å².